The molecule has 8 nitrogen and oxygen atoms in total. The third kappa shape index (κ3) is 5.19. The summed E-state index contributed by atoms with van der Waals surface area (Å²) in [6.07, 6.45) is 3.09. The van der Waals surface area contributed by atoms with Crippen LogP contribution in [0.25, 0.3) is 0 Å². The highest BCUT2D eigenvalue weighted by atomic mass is 32.2. The lowest BCUT2D eigenvalue weighted by molar-refractivity contribution is -0.138. The van der Waals surface area contributed by atoms with Crippen LogP contribution in [-0.2, 0) is 21.5 Å². The van der Waals surface area contributed by atoms with Gasteiger partial charge in [0.1, 0.15) is 6.04 Å². The first kappa shape index (κ1) is 14.5. The summed E-state index contributed by atoms with van der Waals surface area (Å²) in [5.74, 6) is -1.27. The lowest BCUT2D eigenvalue weighted by Gasteiger charge is -2.10. The van der Waals surface area contributed by atoms with E-state index < -0.39 is 22.2 Å². The highest BCUT2D eigenvalue weighted by Gasteiger charge is 2.15. The molecule has 0 saturated carbocycles. The average Bonchev–Trinajstić information content (AvgIpc) is 2.35. The summed E-state index contributed by atoms with van der Waals surface area (Å²) in [6.45, 7) is -0.316. The van der Waals surface area contributed by atoms with Crippen LogP contribution in [0.3, 0.4) is 0 Å². The third-order valence-corrected chi connectivity index (χ3v) is 3.07. The number of hydrogen-bond donors (Lipinski definition) is 4. The predicted octanol–water partition coefficient (Wildman–Crippen LogP) is -1.58. The van der Waals surface area contributed by atoms with Gasteiger partial charge in [-0.05, 0) is 11.6 Å². The van der Waals surface area contributed by atoms with E-state index in [2.05, 4.69) is 9.71 Å². The zero-order valence-electron chi connectivity index (χ0n) is 9.41. The molecular weight excluding hydrogens is 260 g/mol. The molecule has 1 aromatic heterocycles. The number of aliphatic carboxylic acids is 1. The molecule has 0 aliphatic rings. The summed E-state index contributed by atoms with van der Waals surface area (Å²) < 4.78 is 27.2. The number of nitrogens with one attached hydrogen (secondary N) is 2. The van der Waals surface area contributed by atoms with Gasteiger partial charge in [0, 0.05) is 25.5 Å². The third-order valence-electron chi connectivity index (χ3n) is 2.00. The fourth-order valence-electron chi connectivity index (χ4n) is 1.02. The highest BCUT2D eigenvalue weighted by Crippen LogP contribution is 1.95. The Morgan fingerprint density at radius 3 is 2.78 bits per heavy atom. The molecule has 9 heteroatoms. The van der Waals surface area contributed by atoms with E-state index in [0.29, 0.717) is 5.56 Å². The van der Waals surface area contributed by atoms with Crippen molar-refractivity contribution in [3.63, 3.8) is 0 Å². The van der Waals surface area contributed by atoms with Gasteiger partial charge in [0.25, 0.3) is 10.2 Å². The molecule has 18 heavy (non-hydrogen) atoms. The Balaban J connectivity index is 2.43. The van der Waals surface area contributed by atoms with Gasteiger partial charge in [-0.3, -0.25) is 9.78 Å². The van der Waals surface area contributed by atoms with Gasteiger partial charge in [-0.25, -0.2) is 4.72 Å². The maximum atomic E-state index is 11.4. The number of hydrogen-bond acceptors (Lipinski definition) is 5. The summed E-state index contributed by atoms with van der Waals surface area (Å²) in [4.78, 5) is 14.2. The van der Waals surface area contributed by atoms with Gasteiger partial charge >= 0.3 is 5.97 Å². The number of nitrogens with two attached hydrogens (primary N) is 1. The summed E-state index contributed by atoms with van der Waals surface area (Å²) in [6, 6.07) is 2.11. The number of carbonyl (C=O) groups is 1. The molecule has 1 heterocycles. The van der Waals surface area contributed by atoms with Crippen LogP contribution < -0.4 is 15.2 Å². The molecule has 0 spiro atoms. The van der Waals surface area contributed by atoms with Crippen LogP contribution in [-0.4, -0.2) is 37.1 Å². The molecule has 0 aliphatic heterocycles. The summed E-state index contributed by atoms with van der Waals surface area (Å²) in [5, 5.41) is 8.50. The lowest BCUT2D eigenvalue weighted by Crippen LogP contribution is -2.46. The fraction of sp³-hybridized carbons (Fsp3) is 0.333. The number of carboxylic acids is 1. The molecule has 100 valence electrons. The zero-order chi connectivity index (χ0) is 13.6. The molecule has 5 N–H and O–H groups in total. The number of nitrogens with zero attached hydrogens (tertiary/aromatic N) is 1. The van der Waals surface area contributed by atoms with Gasteiger partial charge in [-0.2, -0.15) is 13.1 Å². The fourth-order valence-corrected chi connectivity index (χ4v) is 1.88. The first-order chi connectivity index (χ1) is 8.41. The van der Waals surface area contributed by atoms with E-state index in [1.54, 1.807) is 18.3 Å². The summed E-state index contributed by atoms with van der Waals surface area (Å²) in [5.41, 5.74) is 5.85. The Labute approximate surface area is 104 Å². The minimum atomic E-state index is -3.78. The SMILES string of the molecule is NC(CNS(=O)(=O)NCc1cccnc1)C(=O)O. The number of pyridine rings is 1. The Kier molecular flexibility index (Phi) is 5.16. The largest absolute Gasteiger partial charge is 0.480 e. The molecule has 0 bridgehead atoms. The standard InChI is InChI=1S/C9H14N4O4S/c10-8(9(14)15)6-13-18(16,17)12-5-7-2-1-3-11-4-7/h1-4,8,12-13H,5-6,10H2,(H,14,15). The van der Waals surface area contributed by atoms with E-state index in [0.717, 1.165) is 0 Å². The number of rotatable bonds is 7. The van der Waals surface area contributed by atoms with Gasteiger partial charge in [-0.15, -0.1) is 0 Å². The van der Waals surface area contributed by atoms with Crippen LogP contribution in [0.1, 0.15) is 5.56 Å². The Hall–Kier alpha value is -1.55. The minimum Gasteiger partial charge on any atom is -0.480 e. The van der Waals surface area contributed by atoms with Crippen molar-refractivity contribution in [2.75, 3.05) is 6.54 Å². The predicted molar refractivity (Wildman–Crippen MR) is 63.6 cm³/mol. The van der Waals surface area contributed by atoms with Crippen molar-refractivity contribution < 1.29 is 18.3 Å². The molecule has 0 fully saturated rings. The van der Waals surface area contributed by atoms with Crippen LogP contribution in [0.15, 0.2) is 24.5 Å². The van der Waals surface area contributed by atoms with E-state index in [4.69, 9.17) is 10.8 Å². The minimum absolute atomic E-state index is 0.0610. The van der Waals surface area contributed by atoms with Crippen molar-refractivity contribution in [1.82, 2.24) is 14.4 Å². The van der Waals surface area contributed by atoms with E-state index in [1.165, 1.54) is 6.20 Å². The maximum absolute atomic E-state index is 11.4. The van der Waals surface area contributed by atoms with Gasteiger partial charge < -0.3 is 10.8 Å². The quantitative estimate of drug-likeness (QED) is 0.474. The van der Waals surface area contributed by atoms with Crippen molar-refractivity contribution in [3.8, 4) is 0 Å². The van der Waals surface area contributed by atoms with Crippen LogP contribution in [0, 0.1) is 0 Å². The van der Waals surface area contributed by atoms with Gasteiger partial charge in [0.05, 0.1) is 0 Å². The number of aromatic nitrogens is 1. The van der Waals surface area contributed by atoms with E-state index in [9.17, 15) is 13.2 Å². The maximum Gasteiger partial charge on any atom is 0.321 e. The molecule has 0 aliphatic carbocycles. The second-order valence-electron chi connectivity index (χ2n) is 3.48. The molecule has 0 aromatic carbocycles. The monoisotopic (exact) mass is 274 g/mol. The lowest BCUT2D eigenvalue weighted by atomic mass is 10.3. The van der Waals surface area contributed by atoms with Gasteiger partial charge in [0.15, 0.2) is 0 Å². The summed E-state index contributed by atoms with van der Waals surface area (Å²) in [7, 11) is -3.78. The Bertz CT molecular complexity index is 491. The first-order valence-electron chi connectivity index (χ1n) is 5.02. The molecular formula is C9H14N4O4S. The zero-order valence-corrected chi connectivity index (χ0v) is 10.2. The van der Waals surface area contributed by atoms with Crippen LogP contribution in [0.5, 0.6) is 0 Å². The van der Waals surface area contributed by atoms with Crippen LogP contribution >= 0.6 is 0 Å². The van der Waals surface area contributed by atoms with E-state index >= 15 is 0 Å². The summed E-state index contributed by atoms with van der Waals surface area (Å²) >= 11 is 0. The molecule has 0 saturated heterocycles. The smallest absolute Gasteiger partial charge is 0.321 e. The number of carboxylic acid groups (broad SMARTS) is 1. The Morgan fingerprint density at radius 1 is 1.50 bits per heavy atom. The Morgan fingerprint density at radius 2 is 2.22 bits per heavy atom. The normalized spacial score (nSPS) is 13.2. The molecule has 1 rings (SSSR count). The second kappa shape index (κ2) is 6.40. The van der Waals surface area contributed by atoms with Gasteiger partial charge in [-0.1, -0.05) is 6.07 Å². The first-order valence-corrected chi connectivity index (χ1v) is 6.50. The van der Waals surface area contributed by atoms with Crippen molar-refractivity contribution in [1.29, 1.82) is 0 Å². The topological polar surface area (TPSA) is 134 Å². The molecule has 0 amide bonds. The van der Waals surface area contributed by atoms with E-state index in [-0.39, 0.29) is 13.1 Å². The van der Waals surface area contributed by atoms with E-state index in [1.807, 2.05) is 4.72 Å². The van der Waals surface area contributed by atoms with Crippen molar-refractivity contribution >= 4 is 16.2 Å². The molecule has 1 atom stereocenters. The van der Waals surface area contributed by atoms with Crippen LogP contribution in [0.2, 0.25) is 0 Å². The molecule has 0 radical (unpaired) electrons. The van der Waals surface area contributed by atoms with Crippen molar-refractivity contribution in [3.05, 3.63) is 30.1 Å². The second-order valence-corrected chi connectivity index (χ2v) is 5.06. The molecule has 1 aromatic rings. The average molecular weight is 274 g/mol. The van der Waals surface area contributed by atoms with Crippen molar-refractivity contribution in [2.45, 2.75) is 12.6 Å². The van der Waals surface area contributed by atoms with Gasteiger partial charge in [0.2, 0.25) is 0 Å². The highest BCUT2D eigenvalue weighted by molar-refractivity contribution is 7.87. The van der Waals surface area contributed by atoms with Crippen LogP contribution in [0.4, 0.5) is 0 Å². The molecule has 1 unspecified atom stereocenters. The van der Waals surface area contributed by atoms with Crippen molar-refractivity contribution in [2.24, 2.45) is 5.73 Å².